The third-order valence-electron chi connectivity index (χ3n) is 2.37. The zero-order valence-electron chi connectivity index (χ0n) is 9.49. The van der Waals surface area contributed by atoms with Crippen molar-refractivity contribution in [3.63, 3.8) is 0 Å². The highest BCUT2D eigenvalue weighted by molar-refractivity contribution is 5.89. The van der Waals surface area contributed by atoms with Crippen LogP contribution in [0.25, 0.3) is 0 Å². The van der Waals surface area contributed by atoms with Crippen LogP contribution in [0, 0.1) is 0 Å². The topological polar surface area (TPSA) is 29.5 Å². The molecule has 0 aliphatic carbocycles. The van der Waals surface area contributed by atoms with Crippen molar-refractivity contribution in [2.45, 2.75) is 13.5 Å². The fourth-order valence-corrected chi connectivity index (χ4v) is 1.29. The van der Waals surface area contributed by atoms with Crippen molar-refractivity contribution in [1.29, 1.82) is 0 Å². The minimum absolute atomic E-state index is 0.287. The smallest absolute Gasteiger partial charge is 0.337 e. The lowest BCUT2D eigenvalue weighted by molar-refractivity contribution is 0.0600. The Bertz CT molecular complexity index is 319. The molecule has 1 aromatic carbocycles. The number of esters is 1. The molecule has 0 unspecified atom stereocenters. The SMILES string of the molecule is CCN(C)Cc1ccc(C(=O)OC)cc1. The normalized spacial score (nSPS) is 10.4. The Morgan fingerprint density at radius 2 is 1.93 bits per heavy atom. The molecule has 0 aliphatic rings. The van der Waals surface area contributed by atoms with Gasteiger partial charge in [0.25, 0.3) is 0 Å². The molecule has 3 heteroatoms. The predicted molar refractivity (Wildman–Crippen MR) is 59.8 cm³/mol. The predicted octanol–water partition coefficient (Wildman–Crippen LogP) is 1.92. The summed E-state index contributed by atoms with van der Waals surface area (Å²) in [5, 5.41) is 0. The standard InChI is InChI=1S/C12H17NO2/c1-4-13(2)9-10-5-7-11(8-6-10)12(14)15-3/h5-8H,4,9H2,1-3H3. The molecule has 3 nitrogen and oxygen atoms in total. The van der Waals surface area contributed by atoms with Gasteiger partial charge < -0.3 is 9.64 Å². The second-order valence-electron chi connectivity index (χ2n) is 3.52. The summed E-state index contributed by atoms with van der Waals surface area (Å²) >= 11 is 0. The van der Waals surface area contributed by atoms with Crippen molar-refractivity contribution in [3.8, 4) is 0 Å². The van der Waals surface area contributed by atoms with Gasteiger partial charge in [-0.15, -0.1) is 0 Å². The van der Waals surface area contributed by atoms with Gasteiger partial charge in [-0.25, -0.2) is 4.79 Å². The number of carbonyl (C=O) groups excluding carboxylic acids is 1. The lowest BCUT2D eigenvalue weighted by Crippen LogP contribution is -2.16. The highest BCUT2D eigenvalue weighted by Gasteiger charge is 2.04. The highest BCUT2D eigenvalue weighted by Crippen LogP contribution is 2.07. The van der Waals surface area contributed by atoms with Gasteiger partial charge in [0.1, 0.15) is 0 Å². The van der Waals surface area contributed by atoms with Gasteiger partial charge in [0.2, 0.25) is 0 Å². The van der Waals surface area contributed by atoms with Crippen molar-refractivity contribution < 1.29 is 9.53 Å². The van der Waals surface area contributed by atoms with Gasteiger partial charge in [-0.2, -0.15) is 0 Å². The van der Waals surface area contributed by atoms with Gasteiger partial charge in [-0.05, 0) is 31.3 Å². The number of nitrogens with zero attached hydrogens (tertiary/aromatic N) is 1. The molecule has 0 atom stereocenters. The van der Waals surface area contributed by atoms with E-state index in [1.165, 1.54) is 12.7 Å². The Labute approximate surface area is 90.7 Å². The zero-order valence-corrected chi connectivity index (χ0v) is 9.49. The Morgan fingerprint density at radius 3 is 2.40 bits per heavy atom. The van der Waals surface area contributed by atoms with E-state index in [1.54, 1.807) is 12.1 Å². The number of benzene rings is 1. The van der Waals surface area contributed by atoms with Crippen LogP contribution in [-0.2, 0) is 11.3 Å². The summed E-state index contributed by atoms with van der Waals surface area (Å²) in [6.07, 6.45) is 0. The maximum Gasteiger partial charge on any atom is 0.337 e. The fraction of sp³-hybridized carbons (Fsp3) is 0.417. The quantitative estimate of drug-likeness (QED) is 0.706. The van der Waals surface area contributed by atoms with Crippen LogP contribution in [-0.4, -0.2) is 31.6 Å². The molecule has 0 saturated heterocycles. The van der Waals surface area contributed by atoms with E-state index in [-0.39, 0.29) is 5.97 Å². The summed E-state index contributed by atoms with van der Waals surface area (Å²) in [6, 6.07) is 7.51. The average Bonchev–Trinajstić information content (AvgIpc) is 2.29. The molecule has 0 N–H and O–H groups in total. The van der Waals surface area contributed by atoms with Crippen LogP contribution in [0.4, 0.5) is 0 Å². The lowest BCUT2D eigenvalue weighted by Gasteiger charge is -2.13. The largest absolute Gasteiger partial charge is 0.465 e. The molecule has 0 spiro atoms. The van der Waals surface area contributed by atoms with Crippen molar-refractivity contribution in [2.24, 2.45) is 0 Å². The first-order valence-electron chi connectivity index (χ1n) is 5.03. The minimum atomic E-state index is -0.287. The summed E-state index contributed by atoms with van der Waals surface area (Å²) in [5.41, 5.74) is 1.80. The average molecular weight is 207 g/mol. The molecular formula is C12H17NO2. The van der Waals surface area contributed by atoms with Gasteiger partial charge in [-0.1, -0.05) is 19.1 Å². The molecule has 15 heavy (non-hydrogen) atoms. The van der Waals surface area contributed by atoms with Gasteiger partial charge in [0.15, 0.2) is 0 Å². The minimum Gasteiger partial charge on any atom is -0.465 e. The maximum absolute atomic E-state index is 11.2. The highest BCUT2D eigenvalue weighted by atomic mass is 16.5. The Balaban J connectivity index is 2.68. The Kier molecular flexibility index (Phi) is 4.31. The first-order valence-corrected chi connectivity index (χ1v) is 5.03. The van der Waals surface area contributed by atoms with Gasteiger partial charge in [0, 0.05) is 6.54 Å². The molecule has 1 aromatic rings. The molecule has 0 aliphatic heterocycles. The molecular weight excluding hydrogens is 190 g/mol. The summed E-state index contributed by atoms with van der Waals surface area (Å²) in [7, 11) is 3.45. The number of hydrogen-bond acceptors (Lipinski definition) is 3. The number of hydrogen-bond donors (Lipinski definition) is 0. The molecule has 0 fully saturated rings. The van der Waals surface area contributed by atoms with E-state index in [9.17, 15) is 4.79 Å². The van der Waals surface area contributed by atoms with Gasteiger partial charge in [-0.3, -0.25) is 0 Å². The van der Waals surface area contributed by atoms with Crippen LogP contribution < -0.4 is 0 Å². The van der Waals surface area contributed by atoms with E-state index in [0.29, 0.717) is 5.56 Å². The monoisotopic (exact) mass is 207 g/mol. The third-order valence-corrected chi connectivity index (χ3v) is 2.37. The second kappa shape index (κ2) is 5.51. The molecule has 0 radical (unpaired) electrons. The molecule has 0 bridgehead atoms. The summed E-state index contributed by atoms with van der Waals surface area (Å²) in [6.45, 7) is 4.03. The summed E-state index contributed by atoms with van der Waals surface area (Å²) in [5.74, 6) is -0.287. The van der Waals surface area contributed by atoms with E-state index in [4.69, 9.17) is 0 Å². The van der Waals surface area contributed by atoms with Crippen LogP contribution in [0.1, 0.15) is 22.8 Å². The number of carbonyl (C=O) groups is 1. The van der Waals surface area contributed by atoms with E-state index >= 15 is 0 Å². The number of rotatable bonds is 4. The van der Waals surface area contributed by atoms with Crippen LogP contribution in [0.15, 0.2) is 24.3 Å². The fourth-order valence-electron chi connectivity index (χ4n) is 1.29. The molecule has 0 heterocycles. The van der Waals surface area contributed by atoms with Crippen LogP contribution in [0.3, 0.4) is 0 Å². The Morgan fingerprint density at radius 1 is 1.33 bits per heavy atom. The number of methoxy groups -OCH3 is 1. The first-order chi connectivity index (χ1) is 7.17. The first kappa shape index (κ1) is 11.7. The van der Waals surface area contributed by atoms with E-state index in [2.05, 4.69) is 23.6 Å². The van der Waals surface area contributed by atoms with E-state index < -0.39 is 0 Å². The second-order valence-corrected chi connectivity index (χ2v) is 3.52. The number of ether oxygens (including phenoxy) is 1. The van der Waals surface area contributed by atoms with Crippen LogP contribution in [0.2, 0.25) is 0 Å². The third kappa shape index (κ3) is 3.36. The molecule has 1 rings (SSSR count). The molecule has 0 amide bonds. The van der Waals surface area contributed by atoms with Crippen molar-refractivity contribution >= 4 is 5.97 Å². The Hall–Kier alpha value is -1.35. The van der Waals surface area contributed by atoms with Crippen molar-refractivity contribution in [2.75, 3.05) is 20.7 Å². The van der Waals surface area contributed by atoms with Crippen LogP contribution in [0.5, 0.6) is 0 Å². The maximum atomic E-state index is 11.2. The van der Waals surface area contributed by atoms with Gasteiger partial charge in [0.05, 0.1) is 12.7 Å². The van der Waals surface area contributed by atoms with Crippen LogP contribution >= 0.6 is 0 Å². The van der Waals surface area contributed by atoms with E-state index in [0.717, 1.165) is 13.1 Å². The molecule has 0 saturated carbocycles. The summed E-state index contributed by atoms with van der Waals surface area (Å²) in [4.78, 5) is 13.4. The van der Waals surface area contributed by atoms with Crippen molar-refractivity contribution in [3.05, 3.63) is 35.4 Å². The zero-order chi connectivity index (χ0) is 11.3. The van der Waals surface area contributed by atoms with Gasteiger partial charge >= 0.3 is 5.97 Å². The summed E-state index contributed by atoms with van der Waals surface area (Å²) < 4.78 is 4.63. The van der Waals surface area contributed by atoms with Crippen molar-refractivity contribution in [1.82, 2.24) is 4.90 Å². The molecule has 0 aromatic heterocycles. The lowest BCUT2D eigenvalue weighted by atomic mass is 10.1. The van der Waals surface area contributed by atoms with E-state index in [1.807, 2.05) is 12.1 Å². The molecule has 82 valence electrons.